The van der Waals surface area contributed by atoms with Gasteiger partial charge < -0.3 is 0 Å². The van der Waals surface area contributed by atoms with Crippen LogP contribution in [0.1, 0.15) is 23.8 Å². The van der Waals surface area contributed by atoms with E-state index in [0.29, 0.717) is 19.5 Å². The number of nitro benzene ring substituents is 1. The zero-order chi connectivity index (χ0) is 19.9. The second-order valence-corrected chi connectivity index (χ2v) is 10.00. The van der Waals surface area contributed by atoms with Crippen LogP contribution in [0.3, 0.4) is 0 Å². The number of fused-ring (bicyclic) bond motifs is 1. The fourth-order valence-corrected chi connectivity index (χ4v) is 6.19. The molecule has 7 nitrogen and oxygen atoms in total. The van der Waals surface area contributed by atoms with E-state index in [2.05, 4.69) is 4.98 Å². The molecule has 1 fully saturated rings. The fraction of sp³-hybridized carbons (Fsp3) is 0.278. The lowest BCUT2D eigenvalue weighted by Crippen LogP contribution is -2.39. The van der Waals surface area contributed by atoms with Crippen LogP contribution in [0.4, 0.5) is 5.69 Å². The molecule has 1 atom stereocenters. The highest BCUT2D eigenvalue weighted by Gasteiger charge is 2.33. The molecule has 3 aromatic rings. The molecule has 28 heavy (non-hydrogen) atoms. The Hall–Kier alpha value is -2.07. The Labute approximate surface area is 170 Å². The van der Waals surface area contributed by atoms with E-state index in [4.69, 9.17) is 11.6 Å². The molecule has 0 saturated carbocycles. The number of nitrogens with zero attached hydrogens (tertiary/aromatic N) is 3. The summed E-state index contributed by atoms with van der Waals surface area (Å²) in [6.07, 6.45) is 1.56. The van der Waals surface area contributed by atoms with Crippen molar-refractivity contribution < 1.29 is 13.3 Å². The Balaban J connectivity index is 1.63. The highest BCUT2D eigenvalue weighted by atomic mass is 35.5. The lowest BCUT2D eigenvalue weighted by atomic mass is 10.0. The van der Waals surface area contributed by atoms with Crippen LogP contribution in [0.25, 0.3) is 10.2 Å². The summed E-state index contributed by atoms with van der Waals surface area (Å²) in [5, 5.41) is 11.9. The van der Waals surface area contributed by atoms with Crippen molar-refractivity contribution in [2.24, 2.45) is 0 Å². The minimum atomic E-state index is -3.86. The predicted octanol–water partition coefficient (Wildman–Crippen LogP) is 4.43. The number of hydrogen-bond donors (Lipinski definition) is 0. The van der Waals surface area contributed by atoms with Gasteiger partial charge in [-0.1, -0.05) is 23.7 Å². The van der Waals surface area contributed by atoms with Crippen molar-refractivity contribution in [1.29, 1.82) is 0 Å². The first-order valence-electron chi connectivity index (χ1n) is 8.66. The number of rotatable bonds is 4. The van der Waals surface area contributed by atoms with Crippen molar-refractivity contribution in [1.82, 2.24) is 9.29 Å². The lowest BCUT2D eigenvalue weighted by Gasteiger charge is -2.30. The third kappa shape index (κ3) is 3.50. The fourth-order valence-electron chi connectivity index (χ4n) is 3.37. The minimum absolute atomic E-state index is 0.00297. The Bertz CT molecular complexity index is 1130. The molecule has 2 heterocycles. The summed E-state index contributed by atoms with van der Waals surface area (Å²) in [6, 6.07) is 11.4. The average molecular weight is 438 g/mol. The highest BCUT2D eigenvalue weighted by Crippen LogP contribution is 2.35. The minimum Gasteiger partial charge on any atom is -0.258 e. The maximum atomic E-state index is 13.1. The summed E-state index contributed by atoms with van der Waals surface area (Å²) in [6.45, 7) is 0.679. The summed E-state index contributed by atoms with van der Waals surface area (Å²) in [5.41, 5.74) is 0.498. The van der Waals surface area contributed by atoms with Gasteiger partial charge in [0.2, 0.25) is 10.0 Å². The van der Waals surface area contributed by atoms with Crippen molar-refractivity contribution in [3.63, 3.8) is 0 Å². The number of halogens is 1. The molecule has 10 heteroatoms. The van der Waals surface area contributed by atoms with Crippen LogP contribution in [0.15, 0.2) is 47.4 Å². The standard InChI is InChI=1S/C18H16ClN3O4S2/c19-14-8-7-13(10-16(14)22(23)24)28(25,26)21-9-3-4-12(11-21)18-20-15-5-1-2-6-17(15)27-18/h1-2,5-8,10,12H,3-4,9,11H2/t12-/m1/s1. The summed E-state index contributed by atoms with van der Waals surface area (Å²) < 4.78 is 28.6. The topological polar surface area (TPSA) is 93.4 Å². The van der Waals surface area contributed by atoms with Gasteiger partial charge in [-0.15, -0.1) is 11.3 Å². The van der Waals surface area contributed by atoms with Crippen LogP contribution in [0.5, 0.6) is 0 Å². The molecule has 0 radical (unpaired) electrons. The maximum Gasteiger partial charge on any atom is 0.289 e. The molecule has 1 saturated heterocycles. The normalized spacial score (nSPS) is 18.4. The zero-order valence-corrected chi connectivity index (χ0v) is 17.0. The first-order chi connectivity index (χ1) is 13.4. The average Bonchev–Trinajstić information content (AvgIpc) is 3.12. The molecule has 0 aliphatic carbocycles. The summed E-state index contributed by atoms with van der Waals surface area (Å²) in [7, 11) is -3.86. The van der Waals surface area contributed by atoms with E-state index in [0.717, 1.165) is 27.7 Å². The van der Waals surface area contributed by atoms with Crippen molar-refractivity contribution in [3.05, 3.63) is 62.6 Å². The SMILES string of the molecule is O=[N+]([O-])c1cc(S(=O)(=O)N2CCC[C@@H](c3nc4ccccc4s3)C2)ccc1Cl. The lowest BCUT2D eigenvalue weighted by molar-refractivity contribution is -0.384. The van der Waals surface area contributed by atoms with E-state index in [1.807, 2.05) is 24.3 Å². The first-order valence-corrected chi connectivity index (χ1v) is 11.3. The quantitative estimate of drug-likeness (QED) is 0.444. The molecule has 0 unspecified atom stereocenters. The van der Waals surface area contributed by atoms with E-state index in [1.165, 1.54) is 16.4 Å². The van der Waals surface area contributed by atoms with Crippen LogP contribution in [0.2, 0.25) is 5.02 Å². The highest BCUT2D eigenvalue weighted by molar-refractivity contribution is 7.89. The van der Waals surface area contributed by atoms with E-state index in [1.54, 1.807) is 11.3 Å². The molecule has 146 valence electrons. The predicted molar refractivity (Wildman–Crippen MR) is 108 cm³/mol. The van der Waals surface area contributed by atoms with Gasteiger partial charge in [0.25, 0.3) is 5.69 Å². The van der Waals surface area contributed by atoms with Crippen LogP contribution in [0, 0.1) is 10.1 Å². The largest absolute Gasteiger partial charge is 0.289 e. The zero-order valence-electron chi connectivity index (χ0n) is 14.6. The second-order valence-electron chi connectivity index (χ2n) is 6.59. The number of para-hydroxylation sites is 1. The van der Waals surface area contributed by atoms with Gasteiger partial charge in [-0.05, 0) is 37.1 Å². The van der Waals surface area contributed by atoms with Gasteiger partial charge in [0.05, 0.1) is 25.0 Å². The van der Waals surface area contributed by atoms with Crippen LogP contribution < -0.4 is 0 Å². The molecule has 1 aromatic heterocycles. The van der Waals surface area contributed by atoms with Crippen molar-refractivity contribution in [2.45, 2.75) is 23.7 Å². The number of thiazole rings is 1. The van der Waals surface area contributed by atoms with E-state index in [-0.39, 0.29) is 15.8 Å². The van der Waals surface area contributed by atoms with Crippen LogP contribution in [-0.2, 0) is 10.0 Å². The van der Waals surface area contributed by atoms with Gasteiger partial charge in [0.1, 0.15) is 5.02 Å². The van der Waals surface area contributed by atoms with Crippen LogP contribution in [-0.4, -0.2) is 35.7 Å². The maximum absolute atomic E-state index is 13.1. The third-order valence-electron chi connectivity index (χ3n) is 4.80. The summed E-state index contributed by atoms with van der Waals surface area (Å²) in [4.78, 5) is 15.0. The molecule has 2 aromatic carbocycles. The molecular weight excluding hydrogens is 422 g/mol. The van der Waals surface area contributed by atoms with Gasteiger partial charge >= 0.3 is 0 Å². The number of sulfonamides is 1. The molecule has 1 aliphatic rings. The molecule has 0 amide bonds. The molecule has 0 N–H and O–H groups in total. The molecule has 4 rings (SSSR count). The smallest absolute Gasteiger partial charge is 0.258 e. The number of benzene rings is 2. The van der Waals surface area contributed by atoms with Crippen molar-refractivity contribution in [3.8, 4) is 0 Å². The number of piperidine rings is 1. The monoisotopic (exact) mass is 437 g/mol. The first kappa shape index (κ1) is 19.3. The molecule has 1 aliphatic heterocycles. The Morgan fingerprint density at radius 2 is 2.04 bits per heavy atom. The van der Waals surface area contributed by atoms with Gasteiger partial charge in [0, 0.05) is 25.1 Å². The van der Waals surface area contributed by atoms with Crippen molar-refractivity contribution >= 4 is 48.9 Å². The van der Waals surface area contributed by atoms with Gasteiger partial charge in [0.15, 0.2) is 0 Å². The number of aromatic nitrogens is 1. The Kier molecular flexibility index (Phi) is 5.09. The van der Waals surface area contributed by atoms with E-state index >= 15 is 0 Å². The molecule has 0 bridgehead atoms. The Morgan fingerprint density at radius 1 is 1.25 bits per heavy atom. The molecular formula is C18H16ClN3O4S2. The van der Waals surface area contributed by atoms with Gasteiger partial charge in [-0.2, -0.15) is 4.31 Å². The van der Waals surface area contributed by atoms with Gasteiger partial charge in [-0.25, -0.2) is 13.4 Å². The molecule has 0 spiro atoms. The van der Waals surface area contributed by atoms with E-state index in [9.17, 15) is 18.5 Å². The number of nitro groups is 1. The van der Waals surface area contributed by atoms with Crippen LogP contribution >= 0.6 is 22.9 Å². The van der Waals surface area contributed by atoms with Crippen molar-refractivity contribution in [2.75, 3.05) is 13.1 Å². The van der Waals surface area contributed by atoms with E-state index < -0.39 is 20.6 Å². The number of hydrogen-bond acceptors (Lipinski definition) is 6. The Morgan fingerprint density at radius 3 is 2.79 bits per heavy atom. The summed E-state index contributed by atoms with van der Waals surface area (Å²) >= 11 is 7.39. The second kappa shape index (κ2) is 7.40. The van der Waals surface area contributed by atoms with Gasteiger partial charge in [-0.3, -0.25) is 10.1 Å². The summed E-state index contributed by atoms with van der Waals surface area (Å²) in [5.74, 6) is 0.00297. The third-order valence-corrected chi connectivity index (χ3v) is 8.18.